The van der Waals surface area contributed by atoms with Crippen molar-refractivity contribution in [2.24, 2.45) is 21.1 Å². The monoisotopic (exact) mass is 545 g/mol. The van der Waals surface area contributed by atoms with E-state index in [4.69, 9.17) is 9.72 Å². The Labute approximate surface area is 234 Å². The topological polar surface area (TPSA) is 105 Å². The normalized spacial score (nSPS) is 11.7. The van der Waals surface area contributed by atoms with Crippen LogP contribution in [0.5, 0.6) is 0 Å². The molecule has 0 aliphatic rings. The number of H-pyrrole nitrogens is 1. The molecule has 0 aliphatic carbocycles. The van der Waals surface area contributed by atoms with Gasteiger partial charge in [-0.05, 0) is 48.9 Å². The van der Waals surface area contributed by atoms with Crippen LogP contribution in [0.3, 0.4) is 0 Å². The molecule has 0 spiro atoms. The number of esters is 1. The Hall–Kier alpha value is -5.38. The summed E-state index contributed by atoms with van der Waals surface area (Å²) >= 11 is 0. The average molecular weight is 546 g/mol. The van der Waals surface area contributed by atoms with Crippen molar-refractivity contribution < 1.29 is 9.53 Å². The Morgan fingerprint density at radius 3 is 2.49 bits per heavy atom. The Balaban J connectivity index is 1.59. The number of imidazole rings is 2. The van der Waals surface area contributed by atoms with E-state index in [1.807, 2.05) is 54.3 Å². The summed E-state index contributed by atoms with van der Waals surface area (Å²) in [4.78, 5) is 34.3. The predicted molar refractivity (Wildman–Crippen MR) is 158 cm³/mol. The zero-order valence-electron chi connectivity index (χ0n) is 23.3. The van der Waals surface area contributed by atoms with Crippen molar-refractivity contribution in [3.8, 4) is 28.2 Å². The molecule has 204 valence electrons. The first-order chi connectivity index (χ1) is 19.7. The third-order valence-electron chi connectivity index (χ3n) is 7.81. The van der Waals surface area contributed by atoms with Crippen LogP contribution in [-0.4, -0.2) is 46.5 Å². The number of methoxy groups -OCH3 is 1. The summed E-state index contributed by atoms with van der Waals surface area (Å²) in [5.74, 6) is 0.248. The van der Waals surface area contributed by atoms with Crippen LogP contribution in [-0.2, 0) is 25.9 Å². The number of aromatic amines is 1. The van der Waals surface area contributed by atoms with Gasteiger partial charge < -0.3 is 9.72 Å². The minimum Gasteiger partial charge on any atom is -0.465 e. The van der Waals surface area contributed by atoms with Gasteiger partial charge in [-0.15, -0.1) is 0 Å². The minimum atomic E-state index is -0.455. The van der Waals surface area contributed by atoms with E-state index in [1.165, 1.54) is 7.11 Å². The van der Waals surface area contributed by atoms with E-state index in [-0.39, 0.29) is 5.69 Å². The number of aromatic nitrogens is 7. The van der Waals surface area contributed by atoms with Gasteiger partial charge in [0, 0.05) is 66.8 Å². The highest BCUT2D eigenvalue weighted by molar-refractivity contribution is 6.04. The first-order valence-electron chi connectivity index (χ1n) is 13.1. The van der Waals surface area contributed by atoms with Gasteiger partial charge in [-0.2, -0.15) is 5.10 Å². The fourth-order valence-corrected chi connectivity index (χ4v) is 5.70. The molecule has 0 aliphatic heterocycles. The van der Waals surface area contributed by atoms with Gasteiger partial charge in [0.1, 0.15) is 5.82 Å². The van der Waals surface area contributed by atoms with E-state index in [9.17, 15) is 9.59 Å². The minimum absolute atomic E-state index is 0.103. The van der Waals surface area contributed by atoms with Crippen LogP contribution in [0.2, 0.25) is 0 Å². The number of fused-ring (bicyclic) bond motifs is 3. The van der Waals surface area contributed by atoms with Crippen LogP contribution in [0.4, 0.5) is 0 Å². The standard InChI is InChI=1S/C31H27N7O3/c1-17-6-8-20-23(15-32-24(20)10-17)29-34-25-12-21(18-14-33-35(2)16-18)22(30(39)41-5)13-27(25)38(29)19-7-9-26-28(11-19)37(4)31(40)36(26)3/h6-16,32H,1-5H3. The second kappa shape index (κ2) is 8.82. The van der Waals surface area contributed by atoms with E-state index in [2.05, 4.69) is 35.2 Å². The van der Waals surface area contributed by atoms with Crippen molar-refractivity contribution in [3.63, 3.8) is 0 Å². The maximum atomic E-state index is 13.1. The molecule has 4 heterocycles. The SMILES string of the molecule is COC(=O)c1cc2c(cc1-c1cnn(C)c1)nc(-c1c[nH]c3cc(C)ccc13)n2-c1ccc2c(c1)n(C)c(=O)n2C. The fraction of sp³-hybridized carbons (Fsp3) is 0.161. The van der Waals surface area contributed by atoms with E-state index in [0.717, 1.165) is 49.8 Å². The summed E-state index contributed by atoms with van der Waals surface area (Å²) in [6, 6.07) is 15.9. The third-order valence-corrected chi connectivity index (χ3v) is 7.81. The molecule has 10 nitrogen and oxygen atoms in total. The number of nitrogens with one attached hydrogen (secondary N) is 1. The lowest BCUT2D eigenvalue weighted by Crippen LogP contribution is -2.19. The Morgan fingerprint density at radius 2 is 1.73 bits per heavy atom. The first-order valence-corrected chi connectivity index (χ1v) is 13.1. The number of benzene rings is 3. The number of hydrogen-bond donors (Lipinski definition) is 1. The highest BCUT2D eigenvalue weighted by atomic mass is 16.5. The Kier molecular flexibility index (Phi) is 5.30. The van der Waals surface area contributed by atoms with Gasteiger partial charge >= 0.3 is 11.7 Å². The van der Waals surface area contributed by atoms with Crippen LogP contribution in [0.1, 0.15) is 15.9 Å². The van der Waals surface area contributed by atoms with E-state index < -0.39 is 5.97 Å². The number of carbonyl (C=O) groups excluding carboxylic acids is 1. The van der Waals surface area contributed by atoms with Gasteiger partial charge in [0.15, 0.2) is 0 Å². The van der Waals surface area contributed by atoms with E-state index in [1.54, 1.807) is 34.1 Å². The van der Waals surface area contributed by atoms with E-state index in [0.29, 0.717) is 22.5 Å². The summed E-state index contributed by atoms with van der Waals surface area (Å²) in [6.45, 7) is 2.06. The summed E-state index contributed by atoms with van der Waals surface area (Å²) in [5, 5.41) is 5.33. The van der Waals surface area contributed by atoms with Gasteiger partial charge in [0.05, 0.1) is 40.9 Å². The Bertz CT molecular complexity index is 2240. The maximum absolute atomic E-state index is 13.1. The number of nitrogens with zero attached hydrogens (tertiary/aromatic N) is 6. The predicted octanol–water partition coefficient (Wildman–Crippen LogP) is 4.86. The molecule has 7 rings (SSSR count). The molecular formula is C31H27N7O3. The molecule has 7 aromatic rings. The molecule has 1 N–H and O–H groups in total. The quantitative estimate of drug-likeness (QED) is 0.318. The molecule has 41 heavy (non-hydrogen) atoms. The van der Waals surface area contributed by atoms with Crippen LogP contribution >= 0.6 is 0 Å². The highest BCUT2D eigenvalue weighted by Crippen LogP contribution is 2.37. The molecule has 0 atom stereocenters. The lowest BCUT2D eigenvalue weighted by atomic mass is 10.0. The van der Waals surface area contributed by atoms with Crippen LogP contribution < -0.4 is 5.69 Å². The van der Waals surface area contributed by atoms with Crippen LogP contribution in [0.15, 0.2) is 71.9 Å². The van der Waals surface area contributed by atoms with Crippen molar-refractivity contribution in [2.75, 3.05) is 7.11 Å². The smallest absolute Gasteiger partial charge is 0.338 e. The summed E-state index contributed by atoms with van der Waals surface area (Å²) in [7, 11) is 6.73. The summed E-state index contributed by atoms with van der Waals surface area (Å²) < 4.78 is 12.2. The molecule has 0 bridgehead atoms. The molecule has 0 saturated carbocycles. The second-order valence-electron chi connectivity index (χ2n) is 10.4. The number of aryl methyl sites for hydroxylation is 4. The molecule has 0 fully saturated rings. The van der Waals surface area contributed by atoms with Crippen LogP contribution in [0.25, 0.3) is 61.2 Å². The number of hydrogen-bond acceptors (Lipinski definition) is 5. The highest BCUT2D eigenvalue weighted by Gasteiger charge is 2.23. The first kappa shape index (κ1) is 24.6. The molecule has 3 aromatic carbocycles. The molecule has 10 heteroatoms. The average Bonchev–Trinajstić information content (AvgIpc) is 3.73. The van der Waals surface area contributed by atoms with Gasteiger partial charge in [-0.25, -0.2) is 14.6 Å². The second-order valence-corrected chi connectivity index (χ2v) is 10.4. The zero-order valence-corrected chi connectivity index (χ0v) is 23.3. The molecule has 0 saturated heterocycles. The number of ether oxygens (including phenoxy) is 1. The maximum Gasteiger partial charge on any atom is 0.338 e. The zero-order chi connectivity index (χ0) is 28.6. The van der Waals surface area contributed by atoms with Crippen LogP contribution in [0, 0.1) is 6.92 Å². The largest absolute Gasteiger partial charge is 0.465 e. The molecule has 4 aromatic heterocycles. The molecule has 0 radical (unpaired) electrons. The number of rotatable bonds is 4. The third kappa shape index (κ3) is 3.64. The van der Waals surface area contributed by atoms with Gasteiger partial charge in [-0.3, -0.25) is 18.4 Å². The summed E-state index contributed by atoms with van der Waals surface area (Å²) in [5.41, 5.74) is 8.70. The van der Waals surface area contributed by atoms with Gasteiger partial charge in [-0.1, -0.05) is 12.1 Å². The molecule has 0 amide bonds. The fourth-order valence-electron chi connectivity index (χ4n) is 5.70. The van der Waals surface area contributed by atoms with Crippen molar-refractivity contribution in [2.45, 2.75) is 6.92 Å². The van der Waals surface area contributed by atoms with Crippen molar-refractivity contribution in [1.29, 1.82) is 0 Å². The van der Waals surface area contributed by atoms with Gasteiger partial charge in [0.2, 0.25) is 0 Å². The van der Waals surface area contributed by atoms with Gasteiger partial charge in [0.25, 0.3) is 0 Å². The summed E-state index contributed by atoms with van der Waals surface area (Å²) in [6.07, 6.45) is 5.54. The van der Waals surface area contributed by atoms with E-state index >= 15 is 0 Å². The lowest BCUT2D eigenvalue weighted by molar-refractivity contribution is 0.0601. The van der Waals surface area contributed by atoms with Crippen molar-refractivity contribution in [1.82, 2.24) is 33.4 Å². The molecule has 0 unspecified atom stereocenters. The van der Waals surface area contributed by atoms with Crippen molar-refractivity contribution >= 4 is 38.9 Å². The molecular weight excluding hydrogens is 518 g/mol. The van der Waals surface area contributed by atoms with Crippen molar-refractivity contribution in [3.05, 3.63) is 88.7 Å². The number of carbonyl (C=O) groups is 1. The Morgan fingerprint density at radius 1 is 0.927 bits per heavy atom. The lowest BCUT2D eigenvalue weighted by Gasteiger charge is -2.12.